The molecule has 0 spiro atoms. The van der Waals surface area contributed by atoms with Crippen LogP contribution in [0.2, 0.25) is 0 Å². The molecule has 14 heavy (non-hydrogen) atoms. The molecule has 1 rings (SSSR count). The van der Waals surface area contributed by atoms with E-state index in [0.29, 0.717) is 12.2 Å². The van der Waals surface area contributed by atoms with Gasteiger partial charge in [-0.05, 0) is 13.0 Å². The summed E-state index contributed by atoms with van der Waals surface area (Å²) in [6.07, 6.45) is 7.41. The average Bonchev–Trinajstić information content (AvgIpc) is 2.59. The van der Waals surface area contributed by atoms with Crippen molar-refractivity contribution in [1.29, 1.82) is 0 Å². The number of carbonyl (C=O) groups excluding carboxylic acids is 1. The number of nitrogens with zero attached hydrogens (tertiary/aromatic N) is 1. The summed E-state index contributed by atoms with van der Waals surface area (Å²) in [4.78, 5) is 11.5. The van der Waals surface area contributed by atoms with E-state index in [9.17, 15) is 4.79 Å². The van der Waals surface area contributed by atoms with E-state index in [2.05, 4.69) is 0 Å². The molecular weight excluding hydrogens is 178 g/mol. The summed E-state index contributed by atoms with van der Waals surface area (Å²) in [7, 11) is 1.89. The molecule has 0 unspecified atom stereocenters. The van der Waals surface area contributed by atoms with Crippen molar-refractivity contribution in [3.63, 3.8) is 0 Å². The van der Waals surface area contributed by atoms with Gasteiger partial charge in [0.2, 0.25) is 0 Å². The fourth-order valence-corrected chi connectivity index (χ4v) is 1.07. The van der Waals surface area contributed by atoms with E-state index in [1.807, 2.05) is 36.9 Å². The third-order valence-corrected chi connectivity index (χ3v) is 1.84. The van der Waals surface area contributed by atoms with Gasteiger partial charge in [-0.25, -0.2) is 0 Å². The molecular formula is C11H15NO2. The number of rotatable bonds is 5. The lowest BCUT2D eigenvalue weighted by molar-refractivity contribution is 0.0806. The third kappa shape index (κ3) is 3.18. The summed E-state index contributed by atoms with van der Waals surface area (Å²) >= 11 is 0. The van der Waals surface area contributed by atoms with E-state index in [1.54, 1.807) is 12.3 Å². The molecule has 1 aromatic heterocycles. The van der Waals surface area contributed by atoms with Gasteiger partial charge in [-0.15, -0.1) is 0 Å². The maximum Gasteiger partial charge on any atom is 0.189 e. The second-order valence-electron chi connectivity index (χ2n) is 3.07. The zero-order valence-corrected chi connectivity index (χ0v) is 8.56. The molecule has 0 aliphatic heterocycles. The highest BCUT2D eigenvalue weighted by molar-refractivity contribution is 5.96. The molecule has 1 heterocycles. The Kier molecular flexibility index (Phi) is 4.13. The Hall–Kier alpha value is -1.35. The molecule has 0 saturated heterocycles. The fourth-order valence-electron chi connectivity index (χ4n) is 1.07. The Morgan fingerprint density at radius 1 is 1.64 bits per heavy atom. The van der Waals surface area contributed by atoms with Crippen LogP contribution in [-0.2, 0) is 11.8 Å². The minimum Gasteiger partial charge on any atom is -0.369 e. The van der Waals surface area contributed by atoms with E-state index in [1.165, 1.54) is 0 Å². The maximum atomic E-state index is 11.5. The molecule has 0 saturated carbocycles. The van der Waals surface area contributed by atoms with Gasteiger partial charge in [-0.1, -0.05) is 12.2 Å². The van der Waals surface area contributed by atoms with Crippen LogP contribution in [0.15, 0.2) is 30.6 Å². The van der Waals surface area contributed by atoms with Crippen LogP contribution < -0.4 is 0 Å². The number of aromatic nitrogens is 1. The topological polar surface area (TPSA) is 31.2 Å². The third-order valence-electron chi connectivity index (χ3n) is 1.84. The van der Waals surface area contributed by atoms with Crippen LogP contribution in [0.1, 0.15) is 17.3 Å². The molecule has 0 atom stereocenters. The first-order chi connectivity index (χ1) is 6.74. The smallest absolute Gasteiger partial charge is 0.189 e. The molecule has 0 N–H and O–H groups in total. The van der Waals surface area contributed by atoms with Crippen molar-refractivity contribution in [3.05, 3.63) is 36.2 Å². The molecule has 76 valence electrons. The predicted octanol–water partition coefficient (Wildman–Crippen LogP) is 1.80. The van der Waals surface area contributed by atoms with Crippen molar-refractivity contribution in [1.82, 2.24) is 4.57 Å². The molecule has 0 radical (unpaired) electrons. The van der Waals surface area contributed by atoms with Gasteiger partial charge in [0.15, 0.2) is 5.78 Å². The van der Waals surface area contributed by atoms with Crippen LogP contribution in [0.3, 0.4) is 0 Å². The van der Waals surface area contributed by atoms with Crippen LogP contribution in [0, 0.1) is 0 Å². The minimum atomic E-state index is 0.0232. The lowest BCUT2D eigenvalue weighted by Crippen LogP contribution is -2.08. The molecule has 0 aromatic carbocycles. The fraction of sp³-hybridized carbons (Fsp3) is 0.364. The lowest BCUT2D eigenvalue weighted by atomic mass is 10.2. The van der Waals surface area contributed by atoms with Crippen molar-refractivity contribution in [2.45, 2.75) is 6.92 Å². The molecule has 0 aliphatic rings. The number of ketones is 1. The summed E-state index contributed by atoms with van der Waals surface area (Å²) in [5, 5.41) is 0. The van der Waals surface area contributed by atoms with Crippen LogP contribution in [0.4, 0.5) is 0 Å². The van der Waals surface area contributed by atoms with Gasteiger partial charge < -0.3 is 9.30 Å². The SMILES string of the molecule is CC=CCOCC(=O)c1ccn(C)c1. The van der Waals surface area contributed by atoms with Gasteiger partial charge in [-0.3, -0.25) is 4.79 Å². The molecule has 3 heteroatoms. The Balaban J connectivity index is 2.35. The maximum absolute atomic E-state index is 11.5. The number of hydrogen-bond donors (Lipinski definition) is 0. The number of ether oxygens (including phenoxy) is 1. The highest BCUT2D eigenvalue weighted by Crippen LogP contribution is 2.01. The van der Waals surface area contributed by atoms with Crippen LogP contribution in [-0.4, -0.2) is 23.6 Å². The van der Waals surface area contributed by atoms with Gasteiger partial charge in [0.1, 0.15) is 6.61 Å². The predicted molar refractivity (Wildman–Crippen MR) is 55.4 cm³/mol. The van der Waals surface area contributed by atoms with Crippen molar-refractivity contribution >= 4 is 5.78 Å². The molecule has 0 fully saturated rings. The zero-order valence-electron chi connectivity index (χ0n) is 8.56. The Labute approximate surface area is 84.0 Å². The van der Waals surface area contributed by atoms with Gasteiger partial charge in [0.25, 0.3) is 0 Å². The van der Waals surface area contributed by atoms with Gasteiger partial charge >= 0.3 is 0 Å². The Morgan fingerprint density at radius 3 is 3.00 bits per heavy atom. The second-order valence-corrected chi connectivity index (χ2v) is 3.07. The molecule has 0 bridgehead atoms. The monoisotopic (exact) mass is 193 g/mol. The summed E-state index contributed by atoms with van der Waals surface area (Å²) in [5.41, 5.74) is 0.702. The number of allylic oxidation sites excluding steroid dienone is 1. The van der Waals surface area contributed by atoms with E-state index in [-0.39, 0.29) is 12.4 Å². The van der Waals surface area contributed by atoms with E-state index >= 15 is 0 Å². The molecule has 0 aliphatic carbocycles. The van der Waals surface area contributed by atoms with E-state index in [0.717, 1.165) is 0 Å². The van der Waals surface area contributed by atoms with Crippen LogP contribution >= 0.6 is 0 Å². The van der Waals surface area contributed by atoms with Gasteiger partial charge in [0.05, 0.1) is 6.61 Å². The normalized spacial score (nSPS) is 11.0. The zero-order chi connectivity index (χ0) is 10.4. The molecule has 3 nitrogen and oxygen atoms in total. The lowest BCUT2D eigenvalue weighted by Gasteiger charge is -1.98. The summed E-state index contributed by atoms with van der Waals surface area (Å²) in [6, 6.07) is 1.79. The quantitative estimate of drug-likeness (QED) is 0.405. The number of aryl methyl sites for hydroxylation is 1. The molecule has 0 amide bonds. The first kappa shape index (κ1) is 10.7. The van der Waals surface area contributed by atoms with Gasteiger partial charge in [-0.2, -0.15) is 0 Å². The van der Waals surface area contributed by atoms with Gasteiger partial charge in [0, 0.05) is 25.0 Å². The van der Waals surface area contributed by atoms with Crippen molar-refractivity contribution in [2.24, 2.45) is 7.05 Å². The van der Waals surface area contributed by atoms with Crippen LogP contribution in [0.5, 0.6) is 0 Å². The second kappa shape index (κ2) is 5.40. The van der Waals surface area contributed by atoms with Crippen molar-refractivity contribution in [2.75, 3.05) is 13.2 Å². The largest absolute Gasteiger partial charge is 0.369 e. The summed E-state index contributed by atoms with van der Waals surface area (Å²) < 4.78 is 7.00. The minimum absolute atomic E-state index is 0.0232. The number of carbonyl (C=O) groups is 1. The standard InChI is InChI=1S/C11H15NO2/c1-3-4-7-14-9-11(13)10-5-6-12(2)8-10/h3-6,8H,7,9H2,1-2H3. The van der Waals surface area contributed by atoms with Crippen molar-refractivity contribution in [3.8, 4) is 0 Å². The summed E-state index contributed by atoms with van der Waals surface area (Å²) in [6.45, 7) is 2.56. The Morgan fingerprint density at radius 2 is 2.43 bits per heavy atom. The number of hydrogen-bond acceptors (Lipinski definition) is 2. The Bertz CT molecular complexity index is 326. The van der Waals surface area contributed by atoms with E-state index in [4.69, 9.17) is 4.74 Å². The van der Waals surface area contributed by atoms with Crippen LogP contribution in [0.25, 0.3) is 0 Å². The first-order valence-electron chi connectivity index (χ1n) is 4.58. The van der Waals surface area contributed by atoms with Crippen molar-refractivity contribution < 1.29 is 9.53 Å². The highest BCUT2D eigenvalue weighted by atomic mass is 16.5. The first-order valence-corrected chi connectivity index (χ1v) is 4.58. The van der Waals surface area contributed by atoms with E-state index < -0.39 is 0 Å². The summed E-state index contributed by atoms with van der Waals surface area (Å²) in [5.74, 6) is 0.0232. The number of Topliss-reactive ketones (excluding diaryl/α,β-unsaturated/α-hetero) is 1. The molecule has 1 aromatic rings. The average molecular weight is 193 g/mol. The highest BCUT2D eigenvalue weighted by Gasteiger charge is 2.05.